The third-order valence-corrected chi connectivity index (χ3v) is 5.50. The van der Waals surface area contributed by atoms with Gasteiger partial charge in [0.2, 0.25) is 5.91 Å². The Labute approximate surface area is 195 Å². The molecule has 13 heteroatoms. The second kappa shape index (κ2) is 9.16. The van der Waals surface area contributed by atoms with Gasteiger partial charge in [-0.1, -0.05) is 23.2 Å². The van der Waals surface area contributed by atoms with Gasteiger partial charge in [-0.3, -0.25) is 4.79 Å². The van der Waals surface area contributed by atoms with Crippen LogP contribution < -0.4 is 5.69 Å². The molecule has 0 unspecified atom stereocenters. The molecule has 1 fully saturated rings. The summed E-state index contributed by atoms with van der Waals surface area (Å²) in [5.41, 5.74) is -1.52. The van der Waals surface area contributed by atoms with E-state index in [4.69, 9.17) is 27.9 Å². The third kappa shape index (κ3) is 4.90. The van der Waals surface area contributed by atoms with Crippen LogP contribution in [0.3, 0.4) is 0 Å². The number of rotatable bonds is 4. The summed E-state index contributed by atoms with van der Waals surface area (Å²) in [6.07, 6.45) is -3.73. The van der Waals surface area contributed by atoms with Crippen LogP contribution in [-0.2, 0) is 22.3 Å². The zero-order valence-corrected chi connectivity index (χ0v) is 18.4. The van der Waals surface area contributed by atoms with Crippen molar-refractivity contribution in [3.05, 3.63) is 62.8 Å². The van der Waals surface area contributed by atoms with Crippen molar-refractivity contribution in [2.24, 2.45) is 0 Å². The van der Waals surface area contributed by atoms with Gasteiger partial charge >= 0.3 is 11.9 Å². The lowest BCUT2D eigenvalue weighted by atomic mass is 10.2. The van der Waals surface area contributed by atoms with E-state index < -0.39 is 17.6 Å². The van der Waals surface area contributed by atoms with Gasteiger partial charge < -0.3 is 9.64 Å². The predicted molar refractivity (Wildman–Crippen MR) is 113 cm³/mol. The molecule has 1 aliphatic rings. The van der Waals surface area contributed by atoms with Crippen LogP contribution in [0.25, 0.3) is 17.1 Å². The summed E-state index contributed by atoms with van der Waals surface area (Å²) in [6.45, 7) is 1.17. The van der Waals surface area contributed by atoms with Crippen LogP contribution in [0.5, 0.6) is 0 Å². The zero-order valence-electron chi connectivity index (χ0n) is 16.9. The summed E-state index contributed by atoms with van der Waals surface area (Å²) in [5.74, 6) is -0.317. The van der Waals surface area contributed by atoms with Crippen LogP contribution in [0, 0.1) is 0 Å². The Hall–Kier alpha value is -2.89. The maximum atomic E-state index is 13.2. The van der Waals surface area contributed by atoms with Crippen molar-refractivity contribution in [3.8, 4) is 17.1 Å². The Morgan fingerprint density at radius 1 is 1.12 bits per heavy atom. The number of carbonyl (C=O) groups excluding carboxylic acids is 1. The Morgan fingerprint density at radius 2 is 1.85 bits per heavy atom. The summed E-state index contributed by atoms with van der Waals surface area (Å²) in [4.78, 5) is 30.8. The maximum Gasteiger partial charge on any atom is 0.433 e. The average Bonchev–Trinajstić information content (AvgIpc) is 3.09. The summed E-state index contributed by atoms with van der Waals surface area (Å²) in [5, 5.41) is 4.77. The minimum absolute atomic E-state index is 0.0259. The standard InChI is InChI=1S/C20H16Cl2F3N5O3/c21-12-1-3-14(15(22)9-12)18-27-29(11-17(31)28-5-7-33-8-6-28)19(32)30(18)13-2-4-16(26-10-13)20(23,24)25/h1-4,9-10H,5-8,11H2. The quantitative estimate of drug-likeness (QED) is 0.547. The molecule has 1 aliphatic heterocycles. The van der Waals surface area contributed by atoms with Crippen LogP contribution in [0.15, 0.2) is 41.3 Å². The number of hydrogen-bond donors (Lipinski definition) is 0. The predicted octanol–water partition coefficient (Wildman–Crippen LogP) is 3.28. The molecule has 0 N–H and O–H groups in total. The van der Waals surface area contributed by atoms with E-state index in [1.165, 1.54) is 18.2 Å². The highest BCUT2D eigenvalue weighted by atomic mass is 35.5. The molecule has 4 rings (SSSR count). The smallest absolute Gasteiger partial charge is 0.378 e. The molecular weight excluding hydrogens is 486 g/mol. The second-order valence-corrected chi connectivity index (χ2v) is 7.96. The van der Waals surface area contributed by atoms with Crippen LogP contribution in [-0.4, -0.2) is 56.4 Å². The van der Waals surface area contributed by atoms with E-state index in [2.05, 4.69) is 10.1 Å². The molecule has 33 heavy (non-hydrogen) atoms. The first kappa shape index (κ1) is 23.3. The molecular formula is C20H16Cl2F3N5O3. The van der Waals surface area contributed by atoms with Gasteiger partial charge in [-0.2, -0.15) is 13.2 Å². The lowest BCUT2D eigenvalue weighted by Gasteiger charge is -2.26. The van der Waals surface area contributed by atoms with Gasteiger partial charge in [-0.05, 0) is 30.3 Å². The largest absolute Gasteiger partial charge is 0.433 e. The summed E-state index contributed by atoms with van der Waals surface area (Å²) < 4.78 is 46.0. The minimum Gasteiger partial charge on any atom is -0.378 e. The lowest BCUT2D eigenvalue weighted by Crippen LogP contribution is -2.43. The molecule has 8 nitrogen and oxygen atoms in total. The van der Waals surface area contributed by atoms with Gasteiger partial charge in [-0.15, -0.1) is 5.10 Å². The van der Waals surface area contributed by atoms with Gasteiger partial charge in [0.1, 0.15) is 12.2 Å². The normalized spacial score (nSPS) is 14.5. The van der Waals surface area contributed by atoms with E-state index in [1.807, 2.05) is 0 Å². The molecule has 0 saturated carbocycles. The number of alkyl halides is 3. The van der Waals surface area contributed by atoms with Gasteiger partial charge in [0, 0.05) is 23.7 Å². The lowest BCUT2D eigenvalue weighted by molar-refractivity contribution is -0.141. The molecule has 174 valence electrons. The number of ether oxygens (including phenoxy) is 1. The van der Waals surface area contributed by atoms with Gasteiger partial charge in [0.05, 0.1) is 30.1 Å². The van der Waals surface area contributed by atoms with Gasteiger partial charge in [-0.25, -0.2) is 19.0 Å². The molecule has 3 heterocycles. The molecule has 1 amide bonds. The highest BCUT2D eigenvalue weighted by molar-refractivity contribution is 6.36. The molecule has 0 aliphatic carbocycles. The molecule has 1 aromatic carbocycles. The summed E-state index contributed by atoms with van der Waals surface area (Å²) in [6, 6.07) is 6.34. The fourth-order valence-electron chi connectivity index (χ4n) is 3.32. The molecule has 0 spiro atoms. The maximum absolute atomic E-state index is 13.2. The summed E-state index contributed by atoms with van der Waals surface area (Å²) >= 11 is 12.3. The first-order chi connectivity index (χ1) is 15.6. The number of benzene rings is 1. The van der Waals surface area contributed by atoms with Crippen molar-refractivity contribution >= 4 is 29.1 Å². The SMILES string of the molecule is O=C(Cn1nc(-c2ccc(Cl)cc2Cl)n(-c2ccc(C(F)(F)F)nc2)c1=O)N1CCOCC1. The first-order valence-corrected chi connectivity index (χ1v) is 10.4. The van der Waals surface area contributed by atoms with Crippen molar-refractivity contribution in [3.63, 3.8) is 0 Å². The molecule has 2 aromatic heterocycles. The number of nitrogens with zero attached hydrogens (tertiary/aromatic N) is 5. The van der Waals surface area contributed by atoms with E-state index in [0.29, 0.717) is 36.9 Å². The number of morpholine rings is 1. The molecule has 1 saturated heterocycles. The highest BCUT2D eigenvalue weighted by Crippen LogP contribution is 2.31. The molecule has 0 atom stereocenters. The molecule has 3 aromatic rings. The fraction of sp³-hybridized carbons (Fsp3) is 0.300. The number of halogens is 5. The topological polar surface area (TPSA) is 82.2 Å². The van der Waals surface area contributed by atoms with Crippen LogP contribution in [0.4, 0.5) is 13.2 Å². The monoisotopic (exact) mass is 501 g/mol. The third-order valence-electron chi connectivity index (χ3n) is 4.96. The number of hydrogen-bond acceptors (Lipinski definition) is 5. The number of pyridine rings is 1. The van der Waals surface area contributed by atoms with Crippen molar-refractivity contribution in [2.45, 2.75) is 12.7 Å². The number of aromatic nitrogens is 4. The average molecular weight is 502 g/mol. The number of amides is 1. The Balaban J connectivity index is 1.79. The highest BCUT2D eigenvalue weighted by Gasteiger charge is 2.32. The zero-order chi connectivity index (χ0) is 23.8. The van der Waals surface area contributed by atoms with Crippen molar-refractivity contribution < 1.29 is 22.7 Å². The van der Waals surface area contributed by atoms with Gasteiger partial charge in [0.15, 0.2) is 5.82 Å². The van der Waals surface area contributed by atoms with Crippen LogP contribution >= 0.6 is 23.2 Å². The van der Waals surface area contributed by atoms with E-state index in [9.17, 15) is 22.8 Å². The summed E-state index contributed by atoms with van der Waals surface area (Å²) in [7, 11) is 0. The Morgan fingerprint density at radius 3 is 2.45 bits per heavy atom. The van der Waals surface area contributed by atoms with Crippen molar-refractivity contribution in [1.82, 2.24) is 24.2 Å². The van der Waals surface area contributed by atoms with Crippen molar-refractivity contribution in [1.29, 1.82) is 0 Å². The van der Waals surface area contributed by atoms with E-state index in [0.717, 1.165) is 27.6 Å². The van der Waals surface area contributed by atoms with Gasteiger partial charge in [0.25, 0.3) is 0 Å². The fourth-order valence-corrected chi connectivity index (χ4v) is 3.81. The van der Waals surface area contributed by atoms with E-state index >= 15 is 0 Å². The minimum atomic E-state index is -4.64. The van der Waals surface area contributed by atoms with Crippen LogP contribution in [0.1, 0.15) is 5.69 Å². The van der Waals surface area contributed by atoms with E-state index in [-0.39, 0.29) is 29.0 Å². The first-order valence-electron chi connectivity index (χ1n) is 9.69. The van der Waals surface area contributed by atoms with Crippen molar-refractivity contribution in [2.75, 3.05) is 26.3 Å². The van der Waals surface area contributed by atoms with Crippen LogP contribution in [0.2, 0.25) is 10.0 Å². The Bertz CT molecular complexity index is 1240. The van der Waals surface area contributed by atoms with E-state index in [1.54, 1.807) is 4.90 Å². The molecule has 0 radical (unpaired) electrons. The second-order valence-electron chi connectivity index (χ2n) is 7.12. The molecule has 0 bridgehead atoms. The number of carbonyl (C=O) groups is 1. The Kier molecular flexibility index (Phi) is 6.46.